The van der Waals surface area contributed by atoms with Crippen molar-refractivity contribution in [1.82, 2.24) is 10.6 Å². The van der Waals surface area contributed by atoms with Gasteiger partial charge in [-0.3, -0.25) is 9.59 Å². The van der Waals surface area contributed by atoms with Gasteiger partial charge in [0, 0.05) is 13.5 Å². The Kier molecular flexibility index (Phi) is 5.92. The lowest BCUT2D eigenvalue weighted by Crippen LogP contribution is -2.32. The van der Waals surface area contributed by atoms with Crippen LogP contribution in [0.2, 0.25) is 0 Å². The molecule has 2 aromatic carbocycles. The van der Waals surface area contributed by atoms with Crippen LogP contribution in [0, 0.1) is 6.92 Å². The van der Waals surface area contributed by atoms with Gasteiger partial charge in [-0.05, 0) is 18.1 Å². The Balaban J connectivity index is 1.96. The van der Waals surface area contributed by atoms with Crippen LogP contribution in [-0.4, -0.2) is 11.8 Å². The van der Waals surface area contributed by atoms with Gasteiger partial charge in [0.15, 0.2) is 0 Å². The first-order valence-electron chi connectivity index (χ1n) is 7.69. The molecule has 0 aliphatic heterocycles. The molecule has 0 fully saturated rings. The molecule has 0 radical (unpaired) electrons. The Labute approximate surface area is 136 Å². The third-order valence-corrected chi connectivity index (χ3v) is 3.54. The number of benzene rings is 2. The van der Waals surface area contributed by atoms with E-state index in [1.54, 1.807) is 0 Å². The molecule has 1 unspecified atom stereocenters. The summed E-state index contributed by atoms with van der Waals surface area (Å²) in [5, 5.41) is 5.74. The highest BCUT2D eigenvalue weighted by molar-refractivity contribution is 5.79. The number of rotatable bonds is 6. The number of hydrogen-bond donors (Lipinski definition) is 2. The maximum Gasteiger partial charge on any atom is 0.222 e. The predicted octanol–water partition coefficient (Wildman–Crippen LogP) is 2.88. The van der Waals surface area contributed by atoms with Crippen molar-refractivity contribution in [3.63, 3.8) is 0 Å². The van der Waals surface area contributed by atoms with Gasteiger partial charge in [-0.1, -0.05) is 60.2 Å². The van der Waals surface area contributed by atoms with Crippen LogP contribution in [0.5, 0.6) is 0 Å². The first kappa shape index (κ1) is 16.7. The molecule has 0 aliphatic rings. The van der Waals surface area contributed by atoms with E-state index in [0.717, 1.165) is 16.7 Å². The molecule has 2 aromatic rings. The maximum atomic E-state index is 12.2. The lowest BCUT2D eigenvalue weighted by atomic mass is 10.0. The molecule has 0 aromatic heterocycles. The van der Waals surface area contributed by atoms with E-state index in [0.29, 0.717) is 6.54 Å². The van der Waals surface area contributed by atoms with E-state index in [1.807, 2.05) is 61.5 Å². The maximum absolute atomic E-state index is 12.2. The van der Waals surface area contributed by atoms with Gasteiger partial charge >= 0.3 is 0 Å². The Morgan fingerprint density at radius 3 is 2.43 bits per heavy atom. The highest BCUT2D eigenvalue weighted by Gasteiger charge is 2.16. The number of carbonyl (C=O) groups is 2. The second-order valence-electron chi connectivity index (χ2n) is 5.63. The molecule has 2 rings (SSSR count). The summed E-state index contributed by atoms with van der Waals surface area (Å²) in [5.41, 5.74) is 3.15. The highest BCUT2D eigenvalue weighted by Crippen LogP contribution is 2.16. The van der Waals surface area contributed by atoms with Crippen molar-refractivity contribution in [2.45, 2.75) is 32.9 Å². The third-order valence-electron chi connectivity index (χ3n) is 3.54. The van der Waals surface area contributed by atoms with Gasteiger partial charge in [0.05, 0.1) is 12.5 Å². The lowest BCUT2D eigenvalue weighted by molar-refractivity contribution is -0.122. The number of hydrogen-bond acceptors (Lipinski definition) is 2. The second kappa shape index (κ2) is 8.13. The van der Waals surface area contributed by atoms with E-state index in [9.17, 15) is 9.59 Å². The number of aryl methyl sites for hydroxylation is 1. The molecule has 1 atom stereocenters. The fraction of sp³-hybridized carbons (Fsp3) is 0.263. The molecule has 2 N–H and O–H groups in total. The van der Waals surface area contributed by atoms with Crippen molar-refractivity contribution < 1.29 is 9.59 Å². The smallest absolute Gasteiger partial charge is 0.222 e. The summed E-state index contributed by atoms with van der Waals surface area (Å²) in [6, 6.07) is 17.2. The minimum absolute atomic E-state index is 0.0888. The minimum atomic E-state index is -0.314. The Morgan fingerprint density at radius 1 is 1.04 bits per heavy atom. The van der Waals surface area contributed by atoms with Crippen molar-refractivity contribution in [1.29, 1.82) is 0 Å². The Morgan fingerprint density at radius 2 is 1.78 bits per heavy atom. The number of carbonyl (C=O) groups excluding carboxylic acids is 2. The molecular weight excluding hydrogens is 288 g/mol. The summed E-state index contributed by atoms with van der Waals surface area (Å²) in [6.07, 6.45) is 0.218. The van der Waals surface area contributed by atoms with Crippen LogP contribution in [0.15, 0.2) is 54.6 Å². The molecule has 4 nitrogen and oxygen atoms in total. The first-order valence-corrected chi connectivity index (χ1v) is 7.69. The zero-order chi connectivity index (χ0) is 16.7. The highest BCUT2D eigenvalue weighted by atomic mass is 16.2. The van der Waals surface area contributed by atoms with Crippen LogP contribution in [-0.2, 0) is 16.1 Å². The quantitative estimate of drug-likeness (QED) is 0.862. The van der Waals surface area contributed by atoms with Crippen LogP contribution in [0.4, 0.5) is 0 Å². The Hall–Kier alpha value is -2.62. The van der Waals surface area contributed by atoms with Gasteiger partial charge in [0.25, 0.3) is 0 Å². The topological polar surface area (TPSA) is 58.2 Å². The van der Waals surface area contributed by atoms with Crippen LogP contribution >= 0.6 is 0 Å². The minimum Gasteiger partial charge on any atom is -0.352 e. The van der Waals surface area contributed by atoms with Gasteiger partial charge < -0.3 is 10.6 Å². The molecule has 23 heavy (non-hydrogen) atoms. The number of amides is 2. The number of nitrogens with one attached hydrogen (secondary N) is 2. The first-order chi connectivity index (χ1) is 11.0. The average Bonchev–Trinajstić information content (AvgIpc) is 2.53. The van der Waals surface area contributed by atoms with Gasteiger partial charge in [-0.25, -0.2) is 0 Å². The predicted molar refractivity (Wildman–Crippen MR) is 90.6 cm³/mol. The molecule has 2 amide bonds. The van der Waals surface area contributed by atoms with E-state index in [-0.39, 0.29) is 24.3 Å². The van der Waals surface area contributed by atoms with Crippen LogP contribution < -0.4 is 10.6 Å². The largest absolute Gasteiger partial charge is 0.352 e. The van der Waals surface area contributed by atoms with Crippen molar-refractivity contribution >= 4 is 11.8 Å². The Bertz CT molecular complexity index is 668. The monoisotopic (exact) mass is 310 g/mol. The summed E-state index contributed by atoms with van der Waals surface area (Å²) >= 11 is 0. The molecule has 120 valence electrons. The van der Waals surface area contributed by atoms with Crippen LogP contribution in [0.25, 0.3) is 0 Å². The molecule has 0 heterocycles. The summed E-state index contributed by atoms with van der Waals surface area (Å²) in [5.74, 6) is -0.237. The molecule has 0 saturated heterocycles. The standard InChI is InChI=1S/C19H22N2O2/c1-14-7-6-8-16(11-14)13-20-19(23)12-18(21-15(2)22)17-9-4-3-5-10-17/h3-11,18H,12-13H2,1-2H3,(H,20,23)(H,21,22). The van der Waals surface area contributed by atoms with Crippen LogP contribution in [0.3, 0.4) is 0 Å². The van der Waals surface area contributed by atoms with E-state index in [2.05, 4.69) is 10.6 Å². The molecule has 0 saturated carbocycles. The van der Waals surface area contributed by atoms with Gasteiger partial charge in [0.2, 0.25) is 11.8 Å². The third kappa shape index (κ3) is 5.58. The summed E-state index contributed by atoms with van der Waals surface area (Å²) < 4.78 is 0. The lowest BCUT2D eigenvalue weighted by Gasteiger charge is -2.18. The van der Waals surface area contributed by atoms with E-state index < -0.39 is 0 Å². The van der Waals surface area contributed by atoms with Crippen molar-refractivity contribution in [2.24, 2.45) is 0 Å². The van der Waals surface area contributed by atoms with Crippen molar-refractivity contribution in [3.8, 4) is 0 Å². The average molecular weight is 310 g/mol. The fourth-order valence-electron chi connectivity index (χ4n) is 2.46. The van der Waals surface area contributed by atoms with E-state index in [1.165, 1.54) is 6.92 Å². The zero-order valence-electron chi connectivity index (χ0n) is 13.5. The van der Waals surface area contributed by atoms with Gasteiger partial charge in [0.1, 0.15) is 0 Å². The molecule has 0 spiro atoms. The summed E-state index contributed by atoms with van der Waals surface area (Å²) in [4.78, 5) is 23.6. The zero-order valence-corrected chi connectivity index (χ0v) is 13.5. The summed E-state index contributed by atoms with van der Waals surface area (Å²) in [6.45, 7) is 3.97. The molecular formula is C19H22N2O2. The molecule has 0 bridgehead atoms. The van der Waals surface area contributed by atoms with Crippen molar-refractivity contribution in [3.05, 3.63) is 71.3 Å². The molecule has 4 heteroatoms. The van der Waals surface area contributed by atoms with Gasteiger partial charge in [-0.15, -0.1) is 0 Å². The van der Waals surface area contributed by atoms with Gasteiger partial charge in [-0.2, -0.15) is 0 Å². The normalized spacial score (nSPS) is 11.6. The second-order valence-corrected chi connectivity index (χ2v) is 5.63. The summed E-state index contributed by atoms with van der Waals surface area (Å²) in [7, 11) is 0. The van der Waals surface area contributed by atoms with Crippen LogP contribution in [0.1, 0.15) is 36.1 Å². The van der Waals surface area contributed by atoms with E-state index in [4.69, 9.17) is 0 Å². The SMILES string of the molecule is CC(=O)NC(CC(=O)NCc1cccc(C)c1)c1ccccc1. The van der Waals surface area contributed by atoms with Crippen molar-refractivity contribution in [2.75, 3.05) is 0 Å². The molecule has 0 aliphatic carbocycles. The fourth-order valence-corrected chi connectivity index (χ4v) is 2.46. The van der Waals surface area contributed by atoms with E-state index >= 15 is 0 Å².